The van der Waals surface area contributed by atoms with E-state index in [9.17, 15) is 0 Å². The van der Waals surface area contributed by atoms with Crippen LogP contribution in [0.5, 0.6) is 0 Å². The molecule has 1 N–H and O–H groups in total. The number of hydrogen-bond acceptors (Lipinski definition) is 2. The number of methoxy groups -OCH3 is 1. The van der Waals surface area contributed by atoms with E-state index in [4.69, 9.17) is 4.74 Å². The summed E-state index contributed by atoms with van der Waals surface area (Å²) in [5, 5.41) is 3.68. The first kappa shape index (κ1) is 12.0. The van der Waals surface area contributed by atoms with Crippen molar-refractivity contribution in [2.24, 2.45) is 23.2 Å². The van der Waals surface area contributed by atoms with Gasteiger partial charge in [-0.2, -0.15) is 0 Å². The van der Waals surface area contributed by atoms with E-state index in [-0.39, 0.29) is 0 Å². The van der Waals surface area contributed by atoms with Crippen LogP contribution in [0.3, 0.4) is 0 Å². The van der Waals surface area contributed by atoms with E-state index >= 15 is 0 Å². The molecule has 17 heavy (non-hydrogen) atoms. The summed E-state index contributed by atoms with van der Waals surface area (Å²) in [5.74, 6) is 3.17. The molecule has 3 unspecified atom stereocenters. The quantitative estimate of drug-likeness (QED) is 0.717. The van der Waals surface area contributed by atoms with Gasteiger partial charge in [-0.05, 0) is 55.3 Å². The first-order valence-electron chi connectivity index (χ1n) is 7.55. The third kappa shape index (κ3) is 2.04. The van der Waals surface area contributed by atoms with Crippen LogP contribution in [0.1, 0.15) is 44.9 Å². The second kappa shape index (κ2) is 4.89. The highest BCUT2D eigenvalue weighted by molar-refractivity contribution is 5.06. The van der Waals surface area contributed by atoms with E-state index in [1.54, 1.807) is 13.5 Å². The lowest BCUT2D eigenvalue weighted by atomic mass is 9.58. The molecule has 0 aliphatic heterocycles. The molecule has 3 saturated carbocycles. The van der Waals surface area contributed by atoms with Gasteiger partial charge >= 0.3 is 0 Å². The van der Waals surface area contributed by atoms with Gasteiger partial charge in [-0.15, -0.1) is 0 Å². The Balaban J connectivity index is 1.61. The van der Waals surface area contributed by atoms with Crippen LogP contribution >= 0.6 is 0 Å². The maximum Gasteiger partial charge on any atom is 0.0587 e. The fraction of sp³-hybridized carbons (Fsp3) is 1.00. The fourth-order valence-corrected chi connectivity index (χ4v) is 4.83. The van der Waals surface area contributed by atoms with Crippen LogP contribution < -0.4 is 5.32 Å². The van der Waals surface area contributed by atoms with Gasteiger partial charge in [0.2, 0.25) is 0 Å². The molecule has 2 bridgehead atoms. The van der Waals surface area contributed by atoms with Crippen molar-refractivity contribution in [3.05, 3.63) is 0 Å². The van der Waals surface area contributed by atoms with Crippen molar-refractivity contribution in [2.45, 2.75) is 44.9 Å². The summed E-state index contributed by atoms with van der Waals surface area (Å²) < 4.78 is 5.14. The Morgan fingerprint density at radius 1 is 1.18 bits per heavy atom. The van der Waals surface area contributed by atoms with Gasteiger partial charge in [0, 0.05) is 20.2 Å². The van der Waals surface area contributed by atoms with E-state index in [0.717, 1.165) is 30.9 Å². The molecule has 0 heterocycles. The lowest BCUT2D eigenvalue weighted by Crippen LogP contribution is -2.47. The van der Waals surface area contributed by atoms with E-state index in [2.05, 4.69) is 5.32 Å². The maximum atomic E-state index is 5.14. The van der Waals surface area contributed by atoms with Gasteiger partial charge < -0.3 is 10.1 Å². The van der Waals surface area contributed by atoms with Crippen molar-refractivity contribution in [3.63, 3.8) is 0 Å². The largest absolute Gasteiger partial charge is 0.383 e. The molecule has 3 atom stereocenters. The Kier molecular flexibility index (Phi) is 3.45. The monoisotopic (exact) mass is 237 g/mol. The Morgan fingerprint density at radius 2 is 2.06 bits per heavy atom. The van der Waals surface area contributed by atoms with Crippen molar-refractivity contribution in [1.82, 2.24) is 5.32 Å². The van der Waals surface area contributed by atoms with Crippen LogP contribution in [-0.4, -0.2) is 26.8 Å². The molecular weight excluding hydrogens is 210 g/mol. The number of rotatable bonds is 6. The third-order valence-corrected chi connectivity index (χ3v) is 5.88. The number of nitrogens with one attached hydrogen (secondary N) is 1. The molecule has 0 aromatic rings. The molecule has 0 amide bonds. The molecule has 3 fully saturated rings. The van der Waals surface area contributed by atoms with Gasteiger partial charge in [-0.1, -0.05) is 12.8 Å². The maximum absolute atomic E-state index is 5.14. The average Bonchev–Trinajstić information content (AvgIpc) is 2.82. The van der Waals surface area contributed by atoms with Crippen molar-refractivity contribution in [1.29, 1.82) is 0 Å². The van der Waals surface area contributed by atoms with Crippen LogP contribution in [0.2, 0.25) is 0 Å². The normalized spacial score (nSPS) is 40.8. The molecular formula is C15H27NO. The number of hydrogen-bond donors (Lipinski definition) is 1. The molecule has 0 radical (unpaired) electrons. The molecule has 0 spiro atoms. The molecule has 0 aromatic carbocycles. The van der Waals surface area contributed by atoms with Gasteiger partial charge in [0.25, 0.3) is 0 Å². The first-order chi connectivity index (χ1) is 8.35. The lowest BCUT2D eigenvalue weighted by Gasteiger charge is -2.49. The Bertz CT molecular complexity index is 264. The molecule has 2 nitrogen and oxygen atoms in total. The first-order valence-corrected chi connectivity index (χ1v) is 7.55. The Morgan fingerprint density at radius 3 is 2.59 bits per heavy atom. The van der Waals surface area contributed by atoms with E-state index in [0.29, 0.717) is 5.41 Å². The minimum atomic E-state index is 0.689. The standard InChI is InChI=1S/C15H27NO/c1-17-8-7-16-11-15(13-3-2-4-13)10-12-5-6-14(15)9-12/h12-14,16H,2-11H2,1H3. The molecule has 3 aliphatic carbocycles. The third-order valence-electron chi connectivity index (χ3n) is 5.88. The van der Waals surface area contributed by atoms with Crippen molar-refractivity contribution >= 4 is 0 Å². The zero-order chi connectivity index (χ0) is 11.7. The number of ether oxygens (including phenoxy) is 1. The summed E-state index contributed by atoms with van der Waals surface area (Å²) in [6.45, 7) is 3.15. The average molecular weight is 237 g/mol. The highest BCUT2D eigenvalue weighted by atomic mass is 16.5. The SMILES string of the molecule is COCCNCC1(C2CCC2)CC2CCC1C2. The highest BCUT2D eigenvalue weighted by Gasteiger charge is 2.55. The van der Waals surface area contributed by atoms with Gasteiger partial charge in [0.15, 0.2) is 0 Å². The topological polar surface area (TPSA) is 21.3 Å². The van der Waals surface area contributed by atoms with Crippen LogP contribution in [0.25, 0.3) is 0 Å². The summed E-state index contributed by atoms with van der Waals surface area (Å²) in [6, 6.07) is 0. The molecule has 3 aliphatic rings. The summed E-state index contributed by atoms with van der Waals surface area (Å²) in [7, 11) is 1.79. The smallest absolute Gasteiger partial charge is 0.0587 e. The highest BCUT2D eigenvalue weighted by Crippen LogP contribution is 2.62. The van der Waals surface area contributed by atoms with Crippen LogP contribution in [0, 0.1) is 23.2 Å². The van der Waals surface area contributed by atoms with Gasteiger partial charge in [-0.3, -0.25) is 0 Å². The summed E-state index contributed by atoms with van der Waals surface area (Å²) in [6.07, 6.45) is 10.6. The summed E-state index contributed by atoms with van der Waals surface area (Å²) in [4.78, 5) is 0. The molecule has 3 rings (SSSR count). The predicted octanol–water partition coefficient (Wildman–Crippen LogP) is 2.83. The zero-order valence-corrected chi connectivity index (χ0v) is 11.2. The lowest BCUT2D eigenvalue weighted by molar-refractivity contribution is 0.0221. The van der Waals surface area contributed by atoms with E-state index < -0.39 is 0 Å². The van der Waals surface area contributed by atoms with Gasteiger partial charge in [0.05, 0.1) is 6.61 Å². The minimum Gasteiger partial charge on any atom is -0.383 e. The molecule has 0 aromatic heterocycles. The zero-order valence-electron chi connectivity index (χ0n) is 11.2. The number of fused-ring (bicyclic) bond motifs is 2. The van der Waals surface area contributed by atoms with Gasteiger partial charge in [0.1, 0.15) is 0 Å². The van der Waals surface area contributed by atoms with Gasteiger partial charge in [-0.25, -0.2) is 0 Å². The Hall–Kier alpha value is -0.0800. The fourth-order valence-electron chi connectivity index (χ4n) is 4.83. The van der Waals surface area contributed by atoms with Crippen molar-refractivity contribution in [3.8, 4) is 0 Å². The molecule has 2 heteroatoms. The van der Waals surface area contributed by atoms with Crippen LogP contribution in [-0.2, 0) is 4.74 Å². The predicted molar refractivity (Wildman–Crippen MR) is 70.0 cm³/mol. The van der Waals surface area contributed by atoms with Crippen LogP contribution in [0.4, 0.5) is 0 Å². The van der Waals surface area contributed by atoms with E-state index in [1.165, 1.54) is 45.1 Å². The summed E-state index contributed by atoms with van der Waals surface area (Å²) in [5.41, 5.74) is 0.689. The second-order valence-electron chi connectivity index (χ2n) is 6.61. The molecule has 98 valence electrons. The minimum absolute atomic E-state index is 0.689. The second-order valence-corrected chi connectivity index (χ2v) is 6.61. The van der Waals surface area contributed by atoms with E-state index in [1.807, 2.05) is 0 Å². The van der Waals surface area contributed by atoms with Crippen molar-refractivity contribution < 1.29 is 4.74 Å². The van der Waals surface area contributed by atoms with Crippen LogP contribution in [0.15, 0.2) is 0 Å². The molecule has 0 saturated heterocycles. The Labute approximate surface area is 105 Å². The van der Waals surface area contributed by atoms with Crippen molar-refractivity contribution in [2.75, 3.05) is 26.8 Å². The summed E-state index contributed by atoms with van der Waals surface area (Å²) >= 11 is 0.